The fourth-order valence-electron chi connectivity index (χ4n) is 3.04. The van der Waals surface area contributed by atoms with Crippen molar-refractivity contribution in [2.75, 3.05) is 5.73 Å². The SMILES string of the molecule is N#Cc1c(-c2ccccc2Cl)cc(-c2ccc(Oc3ccccc3)cc2)nc1N. The van der Waals surface area contributed by atoms with E-state index in [-0.39, 0.29) is 5.82 Å². The van der Waals surface area contributed by atoms with E-state index in [4.69, 9.17) is 22.1 Å². The first-order valence-electron chi connectivity index (χ1n) is 8.94. The normalized spacial score (nSPS) is 10.3. The summed E-state index contributed by atoms with van der Waals surface area (Å²) in [6, 6.07) is 28.4. The number of hydrogen-bond donors (Lipinski definition) is 1. The molecule has 0 aliphatic carbocycles. The van der Waals surface area contributed by atoms with E-state index in [0.29, 0.717) is 27.6 Å². The standard InChI is InChI=1S/C24H16ClN3O/c25-22-9-5-4-8-19(22)20-14-23(28-24(27)21(20)15-26)16-10-12-18(13-11-16)29-17-6-2-1-3-7-17/h1-14H,(H2,27,28). The summed E-state index contributed by atoms with van der Waals surface area (Å²) < 4.78 is 5.83. The van der Waals surface area contributed by atoms with Crippen LogP contribution in [0.25, 0.3) is 22.4 Å². The summed E-state index contributed by atoms with van der Waals surface area (Å²) in [6.07, 6.45) is 0. The van der Waals surface area contributed by atoms with Crippen LogP contribution in [0.4, 0.5) is 5.82 Å². The lowest BCUT2D eigenvalue weighted by atomic mass is 9.98. The highest BCUT2D eigenvalue weighted by atomic mass is 35.5. The molecule has 1 heterocycles. The zero-order valence-corrected chi connectivity index (χ0v) is 16.1. The molecule has 0 aliphatic rings. The maximum atomic E-state index is 9.56. The number of nitrogens with two attached hydrogens (primary N) is 1. The van der Waals surface area contributed by atoms with E-state index in [2.05, 4.69) is 11.1 Å². The molecule has 4 aromatic rings. The molecule has 29 heavy (non-hydrogen) atoms. The number of nitrogen functional groups attached to an aromatic ring is 1. The number of para-hydroxylation sites is 1. The topological polar surface area (TPSA) is 71.9 Å². The fourth-order valence-corrected chi connectivity index (χ4v) is 3.28. The number of rotatable bonds is 4. The molecule has 3 aromatic carbocycles. The van der Waals surface area contributed by atoms with Crippen molar-refractivity contribution in [3.63, 3.8) is 0 Å². The smallest absolute Gasteiger partial charge is 0.142 e. The second kappa shape index (κ2) is 8.05. The fraction of sp³-hybridized carbons (Fsp3) is 0. The number of aromatic nitrogens is 1. The minimum atomic E-state index is 0.171. The summed E-state index contributed by atoms with van der Waals surface area (Å²) in [6.45, 7) is 0. The molecule has 1 aromatic heterocycles. The Morgan fingerprint density at radius 1 is 0.828 bits per heavy atom. The monoisotopic (exact) mass is 397 g/mol. The summed E-state index contributed by atoms with van der Waals surface area (Å²) >= 11 is 6.35. The summed E-state index contributed by atoms with van der Waals surface area (Å²) in [5.41, 5.74) is 9.31. The molecule has 0 amide bonds. The van der Waals surface area contributed by atoms with Crippen LogP contribution in [-0.4, -0.2) is 4.98 Å². The van der Waals surface area contributed by atoms with E-state index >= 15 is 0 Å². The van der Waals surface area contributed by atoms with Gasteiger partial charge in [-0.2, -0.15) is 5.26 Å². The molecule has 0 atom stereocenters. The Kier molecular flexibility index (Phi) is 5.15. The molecule has 0 radical (unpaired) electrons. The van der Waals surface area contributed by atoms with Gasteiger partial charge in [0.2, 0.25) is 0 Å². The number of nitriles is 1. The van der Waals surface area contributed by atoms with Gasteiger partial charge in [-0.25, -0.2) is 4.98 Å². The maximum Gasteiger partial charge on any atom is 0.142 e. The Morgan fingerprint density at radius 3 is 2.17 bits per heavy atom. The maximum absolute atomic E-state index is 9.56. The largest absolute Gasteiger partial charge is 0.457 e. The van der Waals surface area contributed by atoms with E-state index < -0.39 is 0 Å². The zero-order chi connectivity index (χ0) is 20.2. The number of halogens is 1. The van der Waals surface area contributed by atoms with Gasteiger partial charge >= 0.3 is 0 Å². The second-order valence-electron chi connectivity index (χ2n) is 6.35. The summed E-state index contributed by atoms with van der Waals surface area (Å²) in [7, 11) is 0. The van der Waals surface area contributed by atoms with Gasteiger partial charge in [0.05, 0.1) is 5.69 Å². The number of ether oxygens (including phenoxy) is 1. The molecule has 0 bridgehead atoms. The number of benzene rings is 3. The Morgan fingerprint density at radius 2 is 1.48 bits per heavy atom. The average molecular weight is 398 g/mol. The van der Waals surface area contributed by atoms with Gasteiger partial charge in [-0.1, -0.05) is 48.0 Å². The molecule has 0 aliphatic heterocycles. The van der Waals surface area contributed by atoms with Gasteiger partial charge in [-0.3, -0.25) is 0 Å². The van der Waals surface area contributed by atoms with Gasteiger partial charge in [-0.15, -0.1) is 0 Å². The summed E-state index contributed by atoms with van der Waals surface area (Å²) in [4.78, 5) is 4.42. The van der Waals surface area contributed by atoms with Crippen LogP contribution in [0, 0.1) is 11.3 Å². The van der Waals surface area contributed by atoms with Crippen LogP contribution in [0.2, 0.25) is 5.02 Å². The van der Waals surface area contributed by atoms with Gasteiger partial charge < -0.3 is 10.5 Å². The lowest BCUT2D eigenvalue weighted by molar-refractivity contribution is 0.483. The third-order valence-electron chi connectivity index (χ3n) is 4.45. The van der Waals surface area contributed by atoms with Crippen molar-refractivity contribution in [1.29, 1.82) is 5.26 Å². The Balaban J connectivity index is 1.72. The van der Waals surface area contributed by atoms with E-state index in [9.17, 15) is 5.26 Å². The highest BCUT2D eigenvalue weighted by Crippen LogP contribution is 2.35. The van der Waals surface area contributed by atoms with Crippen LogP contribution < -0.4 is 10.5 Å². The third kappa shape index (κ3) is 3.91. The molecular weight excluding hydrogens is 382 g/mol. The van der Waals surface area contributed by atoms with Crippen molar-refractivity contribution in [2.45, 2.75) is 0 Å². The van der Waals surface area contributed by atoms with Crippen LogP contribution in [-0.2, 0) is 0 Å². The van der Waals surface area contributed by atoms with E-state index in [0.717, 1.165) is 16.9 Å². The van der Waals surface area contributed by atoms with Crippen molar-refractivity contribution >= 4 is 17.4 Å². The quantitative estimate of drug-likeness (QED) is 0.437. The molecule has 2 N–H and O–H groups in total. The summed E-state index contributed by atoms with van der Waals surface area (Å²) in [5, 5.41) is 10.1. The first-order chi connectivity index (χ1) is 14.2. The third-order valence-corrected chi connectivity index (χ3v) is 4.78. The van der Waals surface area contributed by atoms with Gasteiger partial charge in [-0.05, 0) is 48.5 Å². The molecule has 0 fully saturated rings. The lowest BCUT2D eigenvalue weighted by Gasteiger charge is -2.12. The predicted molar refractivity (Wildman–Crippen MR) is 116 cm³/mol. The van der Waals surface area contributed by atoms with Gasteiger partial charge in [0.25, 0.3) is 0 Å². The summed E-state index contributed by atoms with van der Waals surface area (Å²) in [5.74, 6) is 1.65. The molecular formula is C24H16ClN3O. The van der Waals surface area contributed by atoms with Crippen LogP contribution in [0.5, 0.6) is 11.5 Å². The van der Waals surface area contributed by atoms with Crippen molar-refractivity contribution < 1.29 is 4.74 Å². The van der Waals surface area contributed by atoms with Crippen molar-refractivity contribution in [3.05, 3.63) is 95.5 Å². The highest BCUT2D eigenvalue weighted by molar-refractivity contribution is 6.33. The Labute approximate surface area is 173 Å². The minimum absolute atomic E-state index is 0.171. The number of nitrogens with zero attached hydrogens (tertiary/aromatic N) is 2. The minimum Gasteiger partial charge on any atom is -0.457 e. The molecule has 0 unspecified atom stereocenters. The van der Waals surface area contributed by atoms with Crippen LogP contribution >= 0.6 is 11.6 Å². The number of pyridine rings is 1. The van der Waals surface area contributed by atoms with E-state index in [1.165, 1.54) is 0 Å². The average Bonchev–Trinajstić information content (AvgIpc) is 2.75. The lowest BCUT2D eigenvalue weighted by Crippen LogP contribution is -2.00. The Bertz CT molecular complexity index is 1200. The Hall–Kier alpha value is -3.81. The molecule has 140 valence electrons. The second-order valence-corrected chi connectivity index (χ2v) is 6.75. The van der Waals surface area contributed by atoms with Crippen LogP contribution in [0.15, 0.2) is 84.9 Å². The van der Waals surface area contributed by atoms with Crippen LogP contribution in [0.1, 0.15) is 5.56 Å². The van der Waals surface area contributed by atoms with E-state index in [1.807, 2.05) is 78.9 Å². The molecule has 4 nitrogen and oxygen atoms in total. The van der Waals surface area contributed by atoms with Crippen molar-refractivity contribution in [1.82, 2.24) is 4.98 Å². The van der Waals surface area contributed by atoms with Gasteiger partial charge in [0.1, 0.15) is 28.9 Å². The molecule has 4 rings (SSSR count). The first-order valence-corrected chi connectivity index (χ1v) is 9.32. The molecule has 5 heteroatoms. The highest BCUT2D eigenvalue weighted by Gasteiger charge is 2.15. The van der Waals surface area contributed by atoms with E-state index in [1.54, 1.807) is 6.07 Å². The van der Waals surface area contributed by atoms with Gasteiger partial charge in [0.15, 0.2) is 0 Å². The molecule has 0 saturated carbocycles. The number of anilines is 1. The predicted octanol–water partition coefficient (Wildman–Crippen LogP) is 6.32. The van der Waals surface area contributed by atoms with Crippen molar-refractivity contribution in [3.8, 4) is 40.0 Å². The first kappa shape index (κ1) is 18.5. The zero-order valence-electron chi connectivity index (χ0n) is 15.3. The van der Waals surface area contributed by atoms with Crippen molar-refractivity contribution in [2.24, 2.45) is 0 Å². The van der Waals surface area contributed by atoms with Crippen LogP contribution in [0.3, 0.4) is 0 Å². The molecule has 0 saturated heterocycles. The van der Waals surface area contributed by atoms with Gasteiger partial charge in [0, 0.05) is 21.7 Å². The molecule has 0 spiro atoms. The number of hydrogen-bond acceptors (Lipinski definition) is 4.